The lowest BCUT2D eigenvalue weighted by Crippen LogP contribution is -2.07. The molecule has 2 heteroatoms. The van der Waals surface area contributed by atoms with E-state index in [1.165, 1.54) is 5.56 Å². The van der Waals surface area contributed by atoms with E-state index in [0.29, 0.717) is 5.92 Å². The molecule has 0 amide bonds. The van der Waals surface area contributed by atoms with Gasteiger partial charge in [-0.15, -0.1) is 0 Å². The second-order valence-electron chi connectivity index (χ2n) is 4.27. The average molecular weight is 207 g/mol. The summed E-state index contributed by atoms with van der Waals surface area (Å²) in [6.07, 6.45) is 1.30. The van der Waals surface area contributed by atoms with Gasteiger partial charge in [0.15, 0.2) is 0 Å². The zero-order valence-electron chi connectivity index (χ0n) is 10.1. The van der Waals surface area contributed by atoms with Crippen LogP contribution in [0.5, 0.6) is 5.75 Å². The number of rotatable bonds is 4. The molecule has 0 aliphatic rings. The maximum absolute atomic E-state index is 5.94. The Bertz CT molecular complexity index is 320. The van der Waals surface area contributed by atoms with Crippen LogP contribution in [0.15, 0.2) is 18.2 Å². The molecular weight excluding hydrogens is 186 g/mol. The Labute approximate surface area is 92.4 Å². The minimum absolute atomic E-state index is 0.168. The highest BCUT2D eigenvalue weighted by Crippen LogP contribution is 2.28. The fourth-order valence-corrected chi connectivity index (χ4v) is 1.47. The van der Waals surface area contributed by atoms with Crippen LogP contribution >= 0.6 is 0 Å². The SMILES string of the molecule is CCC(C)c1ccc(OC(C)C)c(N)c1. The van der Waals surface area contributed by atoms with Crippen molar-refractivity contribution in [2.24, 2.45) is 0 Å². The van der Waals surface area contributed by atoms with Crippen molar-refractivity contribution in [3.05, 3.63) is 23.8 Å². The van der Waals surface area contributed by atoms with Crippen molar-refractivity contribution < 1.29 is 4.74 Å². The van der Waals surface area contributed by atoms with E-state index in [2.05, 4.69) is 19.9 Å². The van der Waals surface area contributed by atoms with Gasteiger partial charge in [-0.3, -0.25) is 0 Å². The summed E-state index contributed by atoms with van der Waals surface area (Å²) in [7, 11) is 0. The summed E-state index contributed by atoms with van der Waals surface area (Å²) in [5.74, 6) is 1.34. The molecule has 0 aliphatic heterocycles. The molecule has 0 aliphatic carbocycles. The summed E-state index contributed by atoms with van der Waals surface area (Å²) >= 11 is 0. The van der Waals surface area contributed by atoms with Crippen molar-refractivity contribution >= 4 is 5.69 Å². The third kappa shape index (κ3) is 3.15. The standard InChI is InChI=1S/C13H21NO/c1-5-10(4)11-6-7-13(12(14)8-11)15-9(2)3/h6-10H,5,14H2,1-4H3. The summed E-state index contributed by atoms with van der Waals surface area (Å²) < 4.78 is 5.59. The number of hydrogen-bond acceptors (Lipinski definition) is 2. The van der Waals surface area contributed by atoms with Gasteiger partial charge in [0.1, 0.15) is 5.75 Å². The Kier molecular flexibility index (Phi) is 4.01. The molecule has 0 spiro atoms. The monoisotopic (exact) mass is 207 g/mol. The molecule has 84 valence electrons. The molecule has 0 saturated heterocycles. The minimum atomic E-state index is 0.168. The lowest BCUT2D eigenvalue weighted by atomic mass is 9.98. The van der Waals surface area contributed by atoms with Crippen LogP contribution in [-0.2, 0) is 0 Å². The Hall–Kier alpha value is -1.18. The first-order valence-electron chi connectivity index (χ1n) is 5.60. The summed E-state index contributed by atoms with van der Waals surface area (Å²) in [6.45, 7) is 8.39. The number of anilines is 1. The summed E-state index contributed by atoms with van der Waals surface area (Å²) in [6, 6.07) is 6.09. The summed E-state index contributed by atoms with van der Waals surface area (Å²) in [5, 5.41) is 0. The van der Waals surface area contributed by atoms with Crippen LogP contribution in [0.4, 0.5) is 5.69 Å². The molecule has 0 aromatic heterocycles. The van der Waals surface area contributed by atoms with Gasteiger partial charge in [0.05, 0.1) is 11.8 Å². The number of nitrogens with two attached hydrogens (primary N) is 1. The smallest absolute Gasteiger partial charge is 0.142 e. The van der Waals surface area contributed by atoms with Crippen molar-refractivity contribution in [1.29, 1.82) is 0 Å². The molecule has 0 heterocycles. The molecule has 1 rings (SSSR count). The molecule has 0 fully saturated rings. The van der Waals surface area contributed by atoms with E-state index in [1.807, 2.05) is 26.0 Å². The van der Waals surface area contributed by atoms with Crippen LogP contribution in [0, 0.1) is 0 Å². The van der Waals surface area contributed by atoms with Gasteiger partial charge in [-0.25, -0.2) is 0 Å². The fourth-order valence-electron chi connectivity index (χ4n) is 1.47. The predicted molar refractivity (Wildman–Crippen MR) is 65.3 cm³/mol. The number of ether oxygens (including phenoxy) is 1. The minimum Gasteiger partial charge on any atom is -0.489 e. The zero-order valence-corrected chi connectivity index (χ0v) is 10.1. The van der Waals surface area contributed by atoms with Gasteiger partial charge in [0, 0.05) is 0 Å². The van der Waals surface area contributed by atoms with Crippen LogP contribution in [0.3, 0.4) is 0 Å². The van der Waals surface area contributed by atoms with Gasteiger partial charge in [0.25, 0.3) is 0 Å². The van der Waals surface area contributed by atoms with Gasteiger partial charge < -0.3 is 10.5 Å². The highest BCUT2D eigenvalue weighted by atomic mass is 16.5. The van der Waals surface area contributed by atoms with Gasteiger partial charge in [-0.1, -0.05) is 19.9 Å². The molecule has 0 radical (unpaired) electrons. The summed E-state index contributed by atoms with van der Waals surface area (Å²) in [5.41, 5.74) is 7.96. The molecule has 1 aromatic rings. The van der Waals surface area contributed by atoms with E-state index in [9.17, 15) is 0 Å². The van der Waals surface area contributed by atoms with Crippen molar-refractivity contribution in [2.45, 2.75) is 46.1 Å². The Balaban J connectivity index is 2.88. The molecule has 1 aromatic carbocycles. The molecule has 15 heavy (non-hydrogen) atoms. The molecule has 0 saturated carbocycles. The molecule has 2 N–H and O–H groups in total. The average Bonchev–Trinajstić information content (AvgIpc) is 2.19. The van der Waals surface area contributed by atoms with Gasteiger partial charge in [-0.05, 0) is 43.9 Å². The Morgan fingerprint density at radius 2 is 1.93 bits per heavy atom. The van der Waals surface area contributed by atoms with Crippen LogP contribution < -0.4 is 10.5 Å². The Morgan fingerprint density at radius 1 is 1.27 bits per heavy atom. The quantitative estimate of drug-likeness (QED) is 0.766. The van der Waals surface area contributed by atoms with Crippen LogP contribution in [0.1, 0.15) is 45.6 Å². The molecule has 2 nitrogen and oxygen atoms in total. The molecule has 0 bridgehead atoms. The molecule has 1 atom stereocenters. The topological polar surface area (TPSA) is 35.2 Å². The predicted octanol–water partition coefficient (Wildman–Crippen LogP) is 3.57. The highest BCUT2D eigenvalue weighted by molar-refractivity contribution is 5.54. The summed E-state index contributed by atoms with van der Waals surface area (Å²) in [4.78, 5) is 0. The van der Waals surface area contributed by atoms with Gasteiger partial charge in [-0.2, -0.15) is 0 Å². The van der Waals surface area contributed by atoms with Crippen molar-refractivity contribution in [3.8, 4) is 5.75 Å². The number of benzene rings is 1. The first-order chi connectivity index (χ1) is 7.04. The second-order valence-corrected chi connectivity index (χ2v) is 4.27. The van der Waals surface area contributed by atoms with E-state index < -0.39 is 0 Å². The van der Waals surface area contributed by atoms with Crippen LogP contribution in [0.25, 0.3) is 0 Å². The molecular formula is C13H21NO. The lowest BCUT2D eigenvalue weighted by molar-refractivity contribution is 0.244. The number of hydrogen-bond donors (Lipinski definition) is 1. The number of nitrogen functional groups attached to an aromatic ring is 1. The fraction of sp³-hybridized carbons (Fsp3) is 0.538. The lowest BCUT2D eigenvalue weighted by Gasteiger charge is -2.15. The zero-order chi connectivity index (χ0) is 11.4. The third-order valence-electron chi connectivity index (χ3n) is 2.58. The maximum Gasteiger partial charge on any atom is 0.142 e. The van der Waals surface area contributed by atoms with E-state index in [1.54, 1.807) is 0 Å². The molecule has 1 unspecified atom stereocenters. The second kappa shape index (κ2) is 5.06. The first-order valence-corrected chi connectivity index (χ1v) is 5.60. The van der Waals surface area contributed by atoms with E-state index in [4.69, 9.17) is 10.5 Å². The van der Waals surface area contributed by atoms with Gasteiger partial charge >= 0.3 is 0 Å². The van der Waals surface area contributed by atoms with Crippen molar-refractivity contribution in [3.63, 3.8) is 0 Å². The third-order valence-corrected chi connectivity index (χ3v) is 2.58. The normalized spacial score (nSPS) is 12.9. The largest absolute Gasteiger partial charge is 0.489 e. The van der Waals surface area contributed by atoms with E-state index in [-0.39, 0.29) is 6.10 Å². The highest BCUT2D eigenvalue weighted by Gasteiger charge is 2.07. The van der Waals surface area contributed by atoms with Crippen LogP contribution in [0.2, 0.25) is 0 Å². The maximum atomic E-state index is 5.94. The first kappa shape index (κ1) is 11.9. The Morgan fingerprint density at radius 3 is 2.40 bits per heavy atom. The van der Waals surface area contributed by atoms with Gasteiger partial charge in [0.2, 0.25) is 0 Å². The van der Waals surface area contributed by atoms with Crippen molar-refractivity contribution in [2.75, 3.05) is 5.73 Å². The van der Waals surface area contributed by atoms with Crippen LogP contribution in [-0.4, -0.2) is 6.10 Å². The van der Waals surface area contributed by atoms with Crippen molar-refractivity contribution in [1.82, 2.24) is 0 Å². The van der Waals surface area contributed by atoms with E-state index in [0.717, 1.165) is 17.9 Å². The van der Waals surface area contributed by atoms with E-state index >= 15 is 0 Å².